The Labute approximate surface area is 215 Å². The summed E-state index contributed by atoms with van der Waals surface area (Å²) in [6, 6.07) is 7.22. The van der Waals surface area contributed by atoms with Gasteiger partial charge in [0.15, 0.2) is 11.6 Å². The Hall–Kier alpha value is -3.97. The number of fused-ring (bicyclic) bond motifs is 4. The highest BCUT2D eigenvalue weighted by Gasteiger charge is 2.39. The largest absolute Gasteiger partial charge is 0.475 e. The molecule has 2 aliphatic heterocycles. The number of pyridine rings is 1. The summed E-state index contributed by atoms with van der Waals surface area (Å²) in [5.74, 6) is 0.619. The standard InChI is InChI=1S/C25H25F3N6O4/c26-25(27,28)16-4-1-3-15(9-16)22-30-11-20-23(32-22)34(18-5-2-8-33(20)12-18)24(37)31-17-6-7-21(29-10-17)38-14-19(36)13-35/h1,3-4,6-7,9-11,18-19,35-36H,2,5,8,12-14H2,(H,31,37)/t18-,19?/m0/s1. The van der Waals surface area contributed by atoms with Crippen molar-refractivity contribution in [1.29, 1.82) is 0 Å². The summed E-state index contributed by atoms with van der Waals surface area (Å²) >= 11 is 0. The molecule has 0 saturated carbocycles. The number of piperidine rings is 1. The number of anilines is 3. The van der Waals surface area contributed by atoms with Crippen molar-refractivity contribution in [3.63, 3.8) is 0 Å². The Balaban J connectivity index is 1.41. The van der Waals surface area contributed by atoms with Crippen molar-refractivity contribution >= 4 is 23.2 Å². The van der Waals surface area contributed by atoms with Crippen LogP contribution in [0, 0.1) is 0 Å². The number of hydrogen-bond acceptors (Lipinski definition) is 8. The van der Waals surface area contributed by atoms with E-state index in [4.69, 9.17) is 9.84 Å². The number of urea groups is 1. The summed E-state index contributed by atoms with van der Waals surface area (Å²) in [4.78, 5) is 30.1. The SMILES string of the molecule is O=C(Nc1ccc(OCC(O)CO)nc1)N1c2nc(-c3cccc(C(F)(F)F)c3)ncc2N2CCC[C@H]1C2. The number of rotatable bonds is 6. The first-order valence-corrected chi connectivity index (χ1v) is 12.0. The van der Waals surface area contributed by atoms with Gasteiger partial charge in [-0.2, -0.15) is 13.2 Å². The van der Waals surface area contributed by atoms with Gasteiger partial charge in [0.05, 0.1) is 42.0 Å². The number of nitrogens with zero attached hydrogens (tertiary/aromatic N) is 5. The lowest BCUT2D eigenvalue weighted by Gasteiger charge is -2.45. The molecule has 0 aliphatic carbocycles. The molecule has 5 rings (SSSR count). The molecule has 3 N–H and O–H groups in total. The summed E-state index contributed by atoms with van der Waals surface area (Å²) in [5, 5.41) is 21.1. The second-order valence-corrected chi connectivity index (χ2v) is 9.06. The Morgan fingerprint density at radius 2 is 2.05 bits per heavy atom. The Kier molecular flexibility index (Phi) is 7.04. The summed E-state index contributed by atoms with van der Waals surface area (Å²) in [6.07, 6.45) is -1.00. The fourth-order valence-corrected chi connectivity index (χ4v) is 4.52. The maximum atomic E-state index is 13.5. The molecule has 2 aliphatic rings. The first-order valence-electron chi connectivity index (χ1n) is 12.0. The molecule has 0 spiro atoms. The number of amides is 2. The number of halogens is 3. The van der Waals surface area contributed by atoms with Gasteiger partial charge in [-0.05, 0) is 31.0 Å². The minimum absolute atomic E-state index is 0.0852. The zero-order valence-electron chi connectivity index (χ0n) is 20.1. The van der Waals surface area contributed by atoms with Gasteiger partial charge in [-0.25, -0.2) is 19.7 Å². The molecule has 1 saturated heterocycles. The van der Waals surface area contributed by atoms with E-state index in [9.17, 15) is 23.1 Å². The minimum Gasteiger partial charge on any atom is -0.475 e. The normalized spacial score (nSPS) is 17.6. The smallest absolute Gasteiger partial charge is 0.416 e. The van der Waals surface area contributed by atoms with Gasteiger partial charge in [0, 0.05) is 24.7 Å². The van der Waals surface area contributed by atoms with Crippen molar-refractivity contribution in [2.75, 3.05) is 41.4 Å². The molecule has 2 bridgehead atoms. The lowest BCUT2D eigenvalue weighted by atomic mass is 10.0. The summed E-state index contributed by atoms with van der Waals surface area (Å²) in [5.41, 5.74) is 0.408. The van der Waals surface area contributed by atoms with Crippen LogP contribution in [0.2, 0.25) is 0 Å². The van der Waals surface area contributed by atoms with E-state index < -0.39 is 30.5 Å². The fraction of sp³-hybridized carbons (Fsp3) is 0.360. The molecule has 3 aromatic rings. The molecule has 1 fully saturated rings. The molecule has 0 radical (unpaired) electrons. The minimum atomic E-state index is -4.51. The Bertz CT molecular complexity index is 1310. The van der Waals surface area contributed by atoms with Crippen LogP contribution in [-0.4, -0.2) is 69.6 Å². The molecule has 1 unspecified atom stereocenters. The Morgan fingerprint density at radius 3 is 2.79 bits per heavy atom. The molecule has 13 heteroatoms. The van der Waals surface area contributed by atoms with Gasteiger partial charge in [0.2, 0.25) is 5.88 Å². The van der Waals surface area contributed by atoms with Crippen molar-refractivity contribution in [2.24, 2.45) is 0 Å². The van der Waals surface area contributed by atoms with Crippen LogP contribution in [0.15, 0.2) is 48.8 Å². The third-order valence-electron chi connectivity index (χ3n) is 6.37. The number of hydrogen-bond donors (Lipinski definition) is 3. The number of carbonyl (C=O) groups excluding carboxylic acids is 1. The van der Waals surface area contributed by atoms with Crippen LogP contribution in [0.3, 0.4) is 0 Å². The maximum Gasteiger partial charge on any atom is 0.416 e. The van der Waals surface area contributed by atoms with E-state index in [1.54, 1.807) is 12.3 Å². The van der Waals surface area contributed by atoms with Gasteiger partial charge in [-0.1, -0.05) is 12.1 Å². The first-order chi connectivity index (χ1) is 18.2. The third kappa shape index (κ3) is 5.34. The van der Waals surface area contributed by atoms with Crippen LogP contribution in [0.1, 0.15) is 18.4 Å². The van der Waals surface area contributed by atoms with Crippen LogP contribution in [0.5, 0.6) is 5.88 Å². The average Bonchev–Trinajstić information content (AvgIpc) is 2.92. The van der Waals surface area contributed by atoms with E-state index in [0.717, 1.165) is 31.5 Å². The quantitative estimate of drug-likeness (QED) is 0.444. The van der Waals surface area contributed by atoms with E-state index in [1.807, 2.05) is 0 Å². The number of ether oxygens (including phenoxy) is 1. The summed E-state index contributed by atoms with van der Waals surface area (Å²) in [6.45, 7) is 0.779. The molecule has 4 heterocycles. The van der Waals surface area contributed by atoms with Gasteiger partial charge in [-0.3, -0.25) is 4.90 Å². The van der Waals surface area contributed by atoms with Crippen LogP contribution < -0.4 is 19.9 Å². The molecule has 2 atom stereocenters. The second-order valence-electron chi connectivity index (χ2n) is 9.06. The lowest BCUT2D eigenvalue weighted by molar-refractivity contribution is -0.137. The van der Waals surface area contributed by atoms with Crippen LogP contribution in [0.25, 0.3) is 11.4 Å². The number of alkyl halides is 3. The molecule has 200 valence electrons. The van der Waals surface area contributed by atoms with Gasteiger partial charge in [-0.15, -0.1) is 0 Å². The van der Waals surface area contributed by atoms with E-state index in [1.165, 1.54) is 29.3 Å². The topological polar surface area (TPSA) is 124 Å². The monoisotopic (exact) mass is 530 g/mol. The van der Waals surface area contributed by atoms with Gasteiger partial charge < -0.3 is 25.2 Å². The summed E-state index contributed by atoms with van der Waals surface area (Å²) in [7, 11) is 0. The van der Waals surface area contributed by atoms with E-state index in [2.05, 4.69) is 25.2 Å². The Morgan fingerprint density at radius 1 is 1.21 bits per heavy atom. The molecule has 2 amide bonds. The molecular weight excluding hydrogens is 505 g/mol. The van der Waals surface area contributed by atoms with E-state index in [-0.39, 0.29) is 29.9 Å². The van der Waals surface area contributed by atoms with E-state index in [0.29, 0.717) is 23.7 Å². The van der Waals surface area contributed by atoms with Crippen molar-refractivity contribution in [2.45, 2.75) is 31.2 Å². The second kappa shape index (κ2) is 10.4. The van der Waals surface area contributed by atoms with Gasteiger partial charge >= 0.3 is 12.2 Å². The van der Waals surface area contributed by atoms with Crippen LogP contribution in [0.4, 0.5) is 35.2 Å². The molecule has 38 heavy (non-hydrogen) atoms. The molecular formula is C25H25F3N6O4. The van der Waals surface area contributed by atoms with Gasteiger partial charge in [0.25, 0.3) is 0 Å². The number of aliphatic hydroxyl groups is 2. The van der Waals surface area contributed by atoms with Crippen molar-refractivity contribution in [3.05, 3.63) is 54.4 Å². The van der Waals surface area contributed by atoms with Crippen molar-refractivity contribution in [1.82, 2.24) is 15.0 Å². The van der Waals surface area contributed by atoms with E-state index >= 15 is 0 Å². The number of carbonyl (C=O) groups is 1. The zero-order valence-corrected chi connectivity index (χ0v) is 20.1. The van der Waals surface area contributed by atoms with Crippen LogP contribution in [-0.2, 0) is 6.18 Å². The number of nitrogens with one attached hydrogen (secondary N) is 1. The van der Waals surface area contributed by atoms with Crippen LogP contribution >= 0.6 is 0 Å². The first kappa shape index (κ1) is 25.7. The highest BCUT2D eigenvalue weighted by atomic mass is 19.4. The lowest BCUT2D eigenvalue weighted by Crippen LogP contribution is -2.56. The highest BCUT2D eigenvalue weighted by Crippen LogP contribution is 2.39. The number of benzene rings is 1. The molecule has 2 aromatic heterocycles. The third-order valence-corrected chi connectivity index (χ3v) is 6.37. The fourth-order valence-electron chi connectivity index (χ4n) is 4.52. The number of aromatic nitrogens is 3. The summed E-state index contributed by atoms with van der Waals surface area (Å²) < 4.78 is 45.1. The van der Waals surface area contributed by atoms with Crippen molar-refractivity contribution < 1.29 is 32.9 Å². The predicted octanol–water partition coefficient (Wildman–Crippen LogP) is 3.31. The molecule has 1 aromatic carbocycles. The maximum absolute atomic E-state index is 13.5. The van der Waals surface area contributed by atoms with Crippen molar-refractivity contribution in [3.8, 4) is 17.3 Å². The average molecular weight is 531 g/mol. The number of aliphatic hydroxyl groups excluding tert-OH is 2. The molecule has 10 nitrogen and oxygen atoms in total. The highest BCUT2D eigenvalue weighted by molar-refractivity contribution is 6.04. The zero-order chi connectivity index (χ0) is 26.9. The van der Waals surface area contributed by atoms with Gasteiger partial charge in [0.1, 0.15) is 12.7 Å². The predicted molar refractivity (Wildman–Crippen MR) is 132 cm³/mol.